The molecule has 0 aliphatic rings. The van der Waals surface area contributed by atoms with Crippen molar-refractivity contribution in [2.45, 2.75) is 18.2 Å². The molecule has 0 spiro atoms. The molecule has 1 aromatic heterocycles. The molecule has 0 aliphatic heterocycles. The molecule has 5 nitrogen and oxygen atoms in total. The van der Waals surface area contributed by atoms with Gasteiger partial charge in [-0.15, -0.1) is 0 Å². The third kappa shape index (κ3) is 4.25. The second kappa shape index (κ2) is 8.34. The van der Waals surface area contributed by atoms with E-state index in [1.807, 2.05) is 43.3 Å². The summed E-state index contributed by atoms with van der Waals surface area (Å²) in [6.07, 6.45) is 0.431. The van der Waals surface area contributed by atoms with E-state index in [0.717, 1.165) is 11.1 Å². The summed E-state index contributed by atoms with van der Waals surface area (Å²) >= 11 is 6.28. The Morgan fingerprint density at radius 3 is 2.30 bits per heavy atom. The molecule has 1 N–H and O–H groups in total. The van der Waals surface area contributed by atoms with Crippen LogP contribution >= 0.6 is 11.6 Å². The molecule has 0 amide bonds. The molecule has 0 saturated carbocycles. The van der Waals surface area contributed by atoms with E-state index in [1.165, 1.54) is 12.1 Å². The van der Waals surface area contributed by atoms with Gasteiger partial charge in [-0.2, -0.15) is 0 Å². The van der Waals surface area contributed by atoms with Gasteiger partial charge in [0.25, 0.3) is 10.0 Å². The highest BCUT2D eigenvalue weighted by Crippen LogP contribution is 2.35. The van der Waals surface area contributed by atoms with Crippen LogP contribution in [0.2, 0.25) is 5.02 Å². The van der Waals surface area contributed by atoms with Crippen molar-refractivity contribution >= 4 is 27.5 Å². The molecule has 0 unspecified atom stereocenters. The molecule has 3 aromatic carbocycles. The second-order valence-corrected chi connectivity index (χ2v) is 8.87. The quantitative estimate of drug-likeness (QED) is 0.419. The van der Waals surface area contributed by atoms with E-state index in [1.54, 1.807) is 30.3 Å². The van der Waals surface area contributed by atoms with Gasteiger partial charge in [0.2, 0.25) is 11.8 Å². The number of halogens is 1. The van der Waals surface area contributed by atoms with Crippen LogP contribution in [0.15, 0.2) is 88.2 Å². The molecule has 0 atom stereocenters. The van der Waals surface area contributed by atoms with Gasteiger partial charge in [-0.25, -0.2) is 18.1 Å². The Hall–Kier alpha value is -3.09. The Kier molecular flexibility index (Phi) is 5.61. The first-order chi connectivity index (χ1) is 14.4. The number of nitrogens with one attached hydrogen (secondary N) is 1. The Morgan fingerprint density at radius 2 is 1.60 bits per heavy atom. The lowest BCUT2D eigenvalue weighted by Crippen LogP contribution is -2.13. The summed E-state index contributed by atoms with van der Waals surface area (Å²) in [5, 5.41) is 0.567. The van der Waals surface area contributed by atoms with Crippen LogP contribution in [0.25, 0.3) is 11.3 Å². The number of aromatic nitrogens is 1. The molecule has 4 aromatic rings. The number of anilines is 1. The number of rotatable bonds is 6. The van der Waals surface area contributed by atoms with Gasteiger partial charge in [0.15, 0.2) is 0 Å². The third-order valence-electron chi connectivity index (χ3n) is 4.67. The van der Waals surface area contributed by atoms with Crippen LogP contribution in [0.4, 0.5) is 5.88 Å². The van der Waals surface area contributed by atoms with Crippen molar-refractivity contribution in [3.63, 3.8) is 0 Å². The van der Waals surface area contributed by atoms with Crippen molar-refractivity contribution < 1.29 is 12.8 Å². The lowest BCUT2D eigenvalue weighted by molar-refractivity contribution is 0.521. The van der Waals surface area contributed by atoms with Crippen molar-refractivity contribution in [3.8, 4) is 11.3 Å². The van der Waals surface area contributed by atoms with Crippen LogP contribution in [0.3, 0.4) is 0 Å². The second-order valence-electron chi connectivity index (χ2n) is 6.78. The Morgan fingerprint density at radius 1 is 0.933 bits per heavy atom. The molecule has 0 aliphatic carbocycles. The van der Waals surface area contributed by atoms with Crippen LogP contribution in [0, 0.1) is 6.92 Å². The molecule has 0 radical (unpaired) electrons. The molecule has 0 fully saturated rings. The normalized spacial score (nSPS) is 11.4. The monoisotopic (exact) mass is 438 g/mol. The summed E-state index contributed by atoms with van der Waals surface area (Å²) < 4.78 is 34.2. The van der Waals surface area contributed by atoms with Gasteiger partial charge in [0, 0.05) is 17.0 Å². The molecule has 0 saturated heterocycles. The number of nitrogens with zero attached hydrogens (tertiary/aromatic N) is 1. The van der Waals surface area contributed by atoms with Crippen LogP contribution in [-0.2, 0) is 16.4 Å². The molecule has 152 valence electrons. The average molecular weight is 439 g/mol. The van der Waals surface area contributed by atoms with Crippen molar-refractivity contribution in [1.82, 2.24) is 4.98 Å². The summed E-state index contributed by atoms with van der Waals surface area (Å²) in [5.74, 6) is 0.469. The summed E-state index contributed by atoms with van der Waals surface area (Å²) in [6, 6.07) is 23.3. The number of oxazole rings is 1. The minimum atomic E-state index is -3.84. The minimum Gasteiger partial charge on any atom is -0.423 e. The summed E-state index contributed by atoms with van der Waals surface area (Å²) in [7, 11) is -3.84. The van der Waals surface area contributed by atoms with E-state index in [-0.39, 0.29) is 10.8 Å². The summed E-state index contributed by atoms with van der Waals surface area (Å²) in [6.45, 7) is 1.86. The SMILES string of the molecule is Cc1c(Cl)cccc1-c1nc(Cc2ccccc2)oc1NS(=O)(=O)c1ccccc1. The fourth-order valence-corrected chi connectivity index (χ4v) is 4.30. The van der Waals surface area contributed by atoms with E-state index in [2.05, 4.69) is 9.71 Å². The van der Waals surface area contributed by atoms with Gasteiger partial charge in [0.05, 0.1) is 4.90 Å². The zero-order valence-corrected chi connectivity index (χ0v) is 17.7. The Bertz CT molecular complexity index is 1270. The molecular weight excluding hydrogens is 420 g/mol. The van der Waals surface area contributed by atoms with Gasteiger partial charge in [-0.1, -0.05) is 72.3 Å². The smallest absolute Gasteiger partial charge is 0.264 e. The summed E-state index contributed by atoms with van der Waals surface area (Å²) in [5.41, 5.74) is 2.90. The first-order valence-electron chi connectivity index (χ1n) is 9.31. The van der Waals surface area contributed by atoms with E-state index >= 15 is 0 Å². The topological polar surface area (TPSA) is 72.2 Å². The maximum atomic E-state index is 12.9. The standard InChI is InChI=1S/C23H19ClN2O3S/c1-16-19(13-8-14-20(16)24)22-23(26-30(27,28)18-11-6-3-7-12-18)29-21(25-22)15-17-9-4-2-5-10-17/h2-14,26H,15H2,1H3. The maximum Gasteiger partial charge on any atom is 0.264 e. The lowest BCUT2D eigenvalue weighted by atomic mass is 10.1. The van der Waals surface area contributed by atoms with Gasteiger partial charge in [-0.05, 0) is 36.2 Å². The third-order valence-corrected chi connectivity index (χ3v) is 6.43. The van der Waals surface area contributed by atoms with Crippen molar-refractivity contribution in [2.75, 3.05) is 4.72 Å². The zero-order chi connectivity index (χ0) is 21.1. The van der Waals surface area contributed by atoms with Crippen molar-refractivity contribution in [3.05, 3.63) is 101 Å². The predicted octanol–water partition coefficient (Wildman–Crippen LogP) is 5.70. The highest BCUT2D eigenvalue weighted by molar-refractivity contribution is 7.92. The Balaban J connectivity index is 1.78. The van der Waals surface area contributed by atoms with Crippen LogP contribution in [-0.4, -0.2) is 13.4 Å². The van der Waals surface area contributed by atoms with Crippen LogP contribution in [0.5, 0.6) is 0 Å². The predicted molar refractivity (Wildman–Crippen MR) is 118 cm³/mol. The number of benzene rings is 3. The first kappa shape index (κ1) is 20.2. The molecule has 1 heterocycles. The molecule has 4 rings (SSSR count). The maximum absolute atomic E-state index is 12.9. The molecule has 30 heavy (non-hydrogen) atoms. The van der Waals surface area contributed by atoms with Gasteiger partial charge >= 0.3 is 0 Å². The number of hydrogen-bond donors (Lipinski definition) is 1. The summed E-state index contributed by atoms with van der Waals surface area (Å²) in [4.78, 5) is 4.74. The largest absolute Gasteiger partial charge is 0.423 e. The number of hydrogen-bond acceptors (Lipinski definition) is 4. The zero-order valence-electron chi connectivity index (χ0n) is 16.2. The average Bonchev–Trinajstić information content (AvgIpc) is 3.12. The fraction of sp³-hybridized carbons (Fsp3) is 0.0870. The minimum absolute atomic E-state index is 0.0650. The van der Waals surface area contributed by atoms with Crippen LogP contribution in [0.1, 0.15) is 17.0 Å². The van der Waals surface area contributed by atoms with E-state index in [4.69, 9.17) is 16.0 Å². The fourth-order valence-electron chi connectivity index (χ4n) is 3.11. The highest BCUT2D eigenvalue weighted by Gasteiger charge is 2.23. The van der Waals surface area contributed by atoms with E-state index in [9.17, 15) is 8.42 Å². The highest BCUT2D eigenvalue weighted by atomic mass is 35.5. The first-order valence-corrected chi connectivity index (χ1v) is 11.2. The molecule has 0 bridgehead atoms. The van der Waals surface area contributed by atoms with Gasteiger partial charge in [-0.3, -0.25) is 0 Å². The van der Waals surface area contributed by atoms with E-state index in [0.29, 0.717) is 28.6 Å². The molecular formula is C23H19ClN2O3S. The number of sulfonamides is 1. The Labute approximate surface area is 180 Å². The van der Waals surface area contributed by atoms with Crippen LogP contribution < -0.4 is 4.72 Å². The van der Waals surface area contributed by atoms with Crippen molar-refractivity contribution in [2.24, 2.45) is 0 Å². The lowest BCUT2D eigenvalue weighted by Gasteiger charge is -2.09. The van der Waals surface area contributed by atoms with E-state index < -0.39 is 10.0 Å². The van der Waals surface area contributed by atoms with Gasteiger partial charge in [0.1, 0.15) is 5.69 Å². The van der Waals surface area contributed by atoms with Crippen molar-refractivity contribution in [1.29, 1.82) is 0 Å². The van der Waals surface area contributed by atoms with Gasteiger partial charge < -0.3 is 4.42 Å². The molecule has 7 heteroatoms.